The summed E-state index contributed by atoms with van der Waals surface area (Å²) in [5, 5.41) is 3.75. The Bertz CT molecular complexity index is 297. The minimum Gasteiger partial charge on any atom is -0.312 e. The van der Waals surface area contributed by atoms with E-state index < -0.39 is 0 Å². The highest BCUT2D eigenvalue weighted by Crippen LogP contribution is 2.20. The van der Waals surface area contributed by atoms with Gasteiger partial charge < -0.3 is 5.32 Å². The van der Waals surface area contributed by atoms with E-state index in [4.69, 9.17) is 0 Å². The molecular formula is C15H27N3. The van der Waals surface area contributed by atoms with Crippen molar-refractivity contribution in [3.63, 3.8) is 0 Å². The van der Waals surface area contributed by atoms with Gasteiger partial charge in [-0.3, -0.25) is 9.80 Å². The molecule has 0 saturated carbocycles. The van der Waals surface area contributed by atoms with Crippen molar-refractivity contribution in [2.24, 2.45) is 0 Å². The van der Waals surface area contributed by atoms with Crippen molar-refractivity contribution in [2.45, 2.75) is 45.2 Å². The molecule has 3 nitrogen and oxygen atoms in total. The molecular weight excluding hydrogens is 222 g/mol. The molecule has 0 aliphatic carbocycles. The maximum atomic E-state index is 3.75. The summed E-state index contributed by atoms with van der Waals surface area (Å²) in [5.41, 5.74) is 0. The average Bonchev–Trinajstić information content (AvgIpc) is 2.44. The summed E-state index contributed by atoms with van der Waals surface area (Å²) in [6.07, 6.45) is 3.43. The molecule has 18 heavy (non-hydrogen) atoms. The van der Waals surface area contributed by atoms with Crippen LogP contribution in [-0.2, 0) is 0 Å². The van der Waals surface area contributed by atoms with E-state index in [1.54, 1.807) is 0 Å². The molecule has 0 aromatic carbocycles. The molecule has 3 saturated heterocycles. The number of fused-ring (bicyclic) bond motifs is 3. The van der Waals surface area contributed by atoms with Gasteiger partial charge in [-0.25, -0.2) is 0 Å². The number of hydrogen-bond acceptors (Lipinski definition) is 3. The Morgan fingerprint density at radius 1 is 1.28 bits per heavy atom. The number of nitrogens with one attached hydrogen (secondary N) is 1. The van der Waals surface area contributed by atoms with Crippen molar-refractivity contribution in [3.05, 3.63) is 0 Å². The summed E-state index contributed by atoms with van der Waals surface area (Å²) >= 11 is 0. The first kappa shape index (κ1) is 13.9. The average molecular weight is 249 g/mol. The molecule has 0 amide bonds. The van der Waals surface area contributed by atoms with Crippen molar-refractivity contribution in [1.82, 2.24) is 15.1 Å². The number of hydrogen-bond donors (Lipinski definition) is 1. The van der Waals surface area contributed by atoms with Gasteiger partial charge in [0.2, 0.25) is 0 Å². The van der Waals surface area contributed by atoms with Crippen molar-refractivity contribution in [1.29, 1.82) is 0 Å². The molecule has 3 aliphatic rings. The summed E-state index contributed by atoms with van der Waals surface area (Å²) in [6.45, 7) is 11.6. The molecule has 102 valence electrons. The Morgan fingerprint density at radius 2 is 2.06 bits per heavy atom. The quantitative estimate of drug-likeness (QED) is 0.713. The fourth-order valence-corrected chi connectivity index (χ4v) is 3.15. The van der Waals surface area contributed by atoms with E-state index in [1.165, 1.54) is 45.6 Å². The molecule has 1 N–H and O–H groups in total. The van der Waals surface area contributed by atoms with Gasteiger partial charge in [-0.1, -0.05) is 6.92 Å². The van der Waals surface area contributed by atoms with Crippen LogP contribution in [0.1, 0.15) is 33.1 Å². The predicted molar refractivity (Wildman–Crippen MR) is 76.6 cm³/mol. The number of piperazine rings is 3. The third-order valence-corrected chi connectivity index (χ3v) is 4.20. The van der Waals surface area contributed by atoms with Gasteiger partial charge in [-0.15, -0.1) is 11.8 Å². The van der Waals surface area contributed by atoms with Crippen LogP contribution in [0.15, 0.2) is 0 Å². The fraction of sp³-hybridized carbons (Fsp3) is 0.867. The lowest BCUT2D eigenvalue weighted by atomic mass is 9.96. The van der Waals surface area contributed by atoms with Crippen LogP contribution < -0.4 is 5.32 Å². The topological polar surface area (TPSA) is 18.5 Å². The smallest absolute Gasteiger partial charge is 0.0377 e. The molecule has 0 aromatic rings. The molecule has 2 bridgehead atoms. The van der Waals surface area contributed by atoms with E-state index in [-0.39, 0.29) is 0 Å². The standard InChI is InChI=1S/C15H27N3/c1-3-5-6-7-14(16-8-4-2)15-13-17-9-11-18(15)12-10-17/h14-16H,4,6-13H2,1-2H3. The Hall–Kier alpha value is -0.560. The van der Waals surface area contributed by atoms with Crippen molar-refractivity contribution in [2.75, 3.05) is 39.3 Å². The van der Waals surface area contributed by atoms with Crippen molar-refractivity contribution >= 4 is 0 Å². The van der Waals surface area contributed by atoms with Gasteiger partial charge in [0, 0.05) is 51.2 Å². The minimum absolute atomic E-state index is 0.619. The zero-order valence-corrected chi connectivity index (χ0v) is 11.9. The first-order chi connectivity index (χ1) is 8.85. The van der Waals surface area contributed by atoms with E-state index in [0.717, 1.165) is 13.0 Å². The highest BCUT2D eigenvalue weighted by atomic mass is 15.4. The van der Waals surface area contributed by atoms with Crippen molar-refractivity contribution in [3.8, 4) is 11.8 Å². The van der Waals surface area contributed by atoms with Gasteiger partial charge in [0.15, 0.2) is 0 Å². The van der Waals surface area contributed by atoms with E-state index in [1.807, 2.05) is 6.92 Å². The van der Waals surface area contributed by atoms with Crippen molar-refractivity contribution < 1.29 is 0 Å². The molecule has 0 spiro atoms. The van der Waals surface area contributed by atoms with Gasteiger partial charge >= 0.3 is 0 Å². The number of nitrogens with zero attached hydrogens (tertiary/aromatic N) is 2. The van der Waals surface area contributed by atoms with Crippen LogP contribution in [-0.4, -0.2) is 61.2 Å². The van der Waals surface area contributed by atoms with Gasteiger partial charge in [0.1, 0.15) is 0 Å². The Labute approximate surface area is 112 Å². The Balaban J connectivity index is 1.91. The van der Waals surface area contributed by atoms with E-state index in [9.17, 15) is 0 Å². The SMILES string of the molecule is CC#CCCC(NCCC)C1CN2CCN1CC2. The van der Waals surface area contributed by atoms with Crippen LogP contribution in [0.5, 0.6) is 0 Å². The second-order valence-corrected chi connectivity index (χ2v) is 5.43. The van der Waals surface area contributed by atoms with Gasteiger partial charge in [0.25, 0.3) is 0 Å². The first-order valence-corrected chi connectivity index (χ1v) is 7.44. The summed E-state index contributed by atoms with van der Waals surface area (Å²) in [7, 11) is 0. The largest absolute Gasteiger partial charge is 0.312 e. The summed E-state index contributed by atoms with van der Waals surface area (Å²) < 4.78 is 0. The Kier molecular flexibility index (Phi) is 5.49. The van der Waals surface area contributed by atoms with E-state index in [0.29, 0.717) is 12.1 Å². The highest BCUT2D eigenvalue weighted by Gasteiger charge is 2.35. The molecule has 2 unspecified atom stereocenters. The van der Waals surface area contributed by atoms with Crippen LogP contribution in [0, 0.1) is 11.8 Å². The second-order valence-electron chi connectivity index (χ2n) is 5.43. The van der Waals surface area contributed by atoms with Gasteiger partial charge in [-0.05, 0) is 26.3 Å². The van der Waals surface area contributed by atoms with Crippen LogP contribution >= 0.6 is 0 Å². The van der Waals surface area contributed by atoms with Crippen LogP contribution in [0.25, 0.3) is 0 Å². The maximum absolute atomic E-state index is 3.75. The molecule has 3 fully saturated rings. The molecule has 0 aromatic heterocycles. The molecule has 3 heteroatoms. The lowest BCUT2D eigenvalue weighted by Crippen LogP contribution is -2.66. The van der Waals surface area contributed by atoms with Crippen LogP contribution in [0.4, 0.5) is 0 Å². The molecule has 3 heterocycles. The third-order valence-electron chi connectivity index (χ3n) is 4.20. The van der Waals surface area contributed by atoms with E-state index in [2.05, 4.69) is 33.9 Å². The molecule has 3 aliphatic heterocycles. The summed E-state index contributed by atoms with van der Waals surface area (Å²) in [6, 6.07) is 1.33. The predicted octanol–water partition coefficient (Wildman–Crippen LogP) is 1.16. The van der Waals surface area contributed by atoms with Crippen LogP contribution in [0.2, 0.25) is 0 Å². The molecule has 2 atom stereocenters. The van der Waals surface area contributed by atoms with Crippen LogP contribution in [0.3, 0.4) is 0 Å². The van der Waals surface area contributed by atoms with Gasteiger partial charge in [-0.2, -0.15) is 0 Å². The maximum Gasteiger partial charge on any atom is 0.0377 e. The zero-order valence-electron chi connectivity index (χ0n) is 11.9. The van der Waals surface area contributed by atoms with E-state index >= 15 is 0 Å². The third kappa shape index (κ3) is 3.47. The lowest BCUT2D eigenvalue weighted by Gasteiger charge is -2.50. The highest BCUT2D eigenvalue weighted by molar-refractivity contribution is 4.99. The first-order valence-electron chi connectivity index (χ1n) is 7.44. The second kappa shape index (κ2) is 7.13. The lowest BCUT2D eigenvalue weighted by molar-refractivity contribution is -0.00420. The Morgan fingerprint density at radius 3 is 2.61 bits per heavy atom. The van der Waals surface area contributed by atoms with Gasteiger partial charge in [0.05, 0.1) is 0 Å². The zero-order chi connectivity index (χ0) is 12.8. The molecule has 3 rings (SSSR count). The fourth-order valence-electron chi connectivity index (χ4n) is 3.15. The summed E-state index contributed by atoms with van der Waals surface area (Å²) in [4.78, 5) is 5.31. The monoisotopic (exact) mass is 249 g/mol. The normalized spacial score (nSPS) is 31.8. The minimum atomic E-state index is 0.619. The summed E-state index contributed by atoms with van der Waals surface area (Å²) in [5.74, 6) is 6.23. The molecule has 0 radical (unpaired) electrons. The number of rotatable bonds is 6.